The zero-order valence-electron chi connectivity index (χ0n) is 12.2. The van der Waals surface area contributed by atoms with Crippen molar-refractivity contribution in [2.24, 2.45) is 5.92 Å². The fourth-order valence-electron chi connectivity index (χ4n) is 2.42. The minimum absolute atomic E-state index is 0.168. The molecule has 21 heavy (non-hydrogen) atoms. The van der Waals surface area contributed by atoms with Crippen molar-refractivity contribution in [3.63, 3.8) is 0 Å². The summed E-state index contributed by atoms with van der Waals surface area (Å²) >= 11 is 0. The first-order chi connectivity index (χ1) is 10.0. The van der Waals surface area contributed by atoms with Gasteiger partial charge in [-0.3, -0.25) is 9.59 Å². The highest BCUT2D eigenvalue weighted by atomic mass is 16.6. The van der Waals surface area contributed by atoms with Crippen LogP contribution in [-0.4, -0.2) is 35.3 Å². The molecule has 0 spiro atoms. The lowest BCUT2D eigenvalue weighted by Gasteiger charge is -2.22. The van der Waals surface area contributed by atoms with Crippen molar-refractivity contribution in [3.8, 4) is 0 Å². The van der Waals surface area contributed by atoms with Gasteiger partial charge in [-0.1, -0.05) is 37.3 Å². The second-order valence-electron chi connectivity index (χ2n) is 5.17. The molecule has 1 aliphatic heterocycles. The first-order valence-electron chi connectivity index (χ1n) is 7.11. The van der Waals surface area contributed by atoms with Gasteiger partial charge in [0.1, 0.15) is 12.4 Å². The van der Waals surface area contributed by atoms with Gasteiger partial charge in [-0.2, -0.15) is 0 Å². The van der Waals surface area contributed by atoms with Gasteiger partial charge in [0.25, 0.3) is 0 Å². The van der Waals surface area contributed by atoms with Crippen LogP contribution in [0.15, 0.2) is 30.3 Å². The zero-order chi connectivity index (χ0) is 15.4. The van der Waals surface area contributed by atoms with Gasteiger partial charge in [0, 0.05) is 6.42 Å². The maximum absolute atomic E-state index is 12.4. The second kappa shape index (κ2) is 6.52. The van der Waals surface area contributed by atoms with Crippen LogP contribution in [0.2, 0.25) is 0 Å². The molecule has 2 rings (SSSR count). The van der Waals surface area contributed by atoms with Crippen LogP contribution in [0.5, 0.6) is 0 Å². The summed E-state index contributed by atoms with van der Waals surface area (Å²) < 4.78 is 4.99. The van der Waals surface area contributed by atoms with E-state index in [1.165, 1.54) is 0 Å². The maximum atomic E-state index is 12.4. The number of benzene rings is 1. The summed E-state index contributed by atoms with van der Waals surface area (Å²) in [5.74, 6) is -1.44. The first kappa shape index (κ1) is 15.2. The Morgan fingerprint density at radius 1 is 1.33 bits per heavy atom. The van der Waals surface area contributed by atoms with E-state index >= 15 is 0 Å². The highest BCUT2D eigenvalue weighted by Crippen LogP contribution is 2.20. The molecule has 1 heterocycles. The maximum Gasteiger partial charge on any atom is 0.417 e. The minimum Gasteiger partial charge on any atom is -0.447 e. The van der Waals surface area contributed by atoms with E-state index in [1.807, 2.05) is 30.3 Å². The molecule has 0 saturated carbocycles. The number of hydrogen-bond acceptors (Lipinski definition) is 4. The Morgan fingerprint density at radius 2 is 2.00 bits per heavy atom. The third-order valence-electron chi connectivity index (χ3n) is 3.71. The van der Waals surface area contributed by atoms with Crippen LogP contribution in [0.4, 0.5) is 4.79 Å². The van der Waals surface area contributed by atoms with Gasteiger partial charge in [0.05, 0.1) is 12.0 Å². The summed E-state index contributed by atoms with van der Waals surface area (Å²) in [5, 5.41) is 0. The molecule has 0 aliphatic carbocycles. The number of ether oxygens (including phenoxy) is 1. The Balaban J connectivity index is 2.13. The lowest BCUT2D eigenvalue weighted by atomic mass is 10.1. The van der Waals surface area contributed by atoms with E-state index in [0.29, 0.717) is 6.42 Å². The van der Waals surface area contributed by atoms with Gasteiger partial charge >= 0.3 is 6.09 Å². The number of hydrogen-bond donors (Lipinski definition) is 0. The van der Waals surface area contributed by atoms with E-state index in [9.17, 15) is 14.4 Å². The third kappa shape index (κ3) is 3.29. The van der Waals surface area contributed by atoms with Gasteiger partial charge < -0.3 is 4.74 Å². The summed E-state index contributed by atoms with van der Waals surface area (Å²) in [6, 6.07) is 9.24. The average molecular weight is 291 g/mol. The van der Waals surface area contributed by atoms with Crippen molar-refractivity contribution >= 4 is 17.8 Å². The van der Waals surface area contributed by atoms with Crippen molar-refractivity contribution in [1.82, 2.24) is 4.90 Å². The van der Waals surface area contributed by atoms with E-state index < -0.39 is 17.9 Å². The zero-order valence-corrected chi connectivity index (χ0v) is 12.2. The van der Waals surface area contributed by atoms with Crippen LogP contribution in [0, 0.1) is 5.92 Å². The van der Waals surface area contributed by atoms with Gasteiger partial charge in [-0.15, -0.1) is 0 Å². The summed E-state index contributed by atoms with van der Waals surface area (Å²) in [4.78, 5) is 36.9. The van der Waals surface area contributed by atoms with Crippen LogP contribution >= 0.6 is 0 Å². The molecular formula is C16H19NO4. The Hall–Kier alpha value is -2.17. The molecule has 2 atom stereocenters. The SMILES string of the molecule is CC[13C](=O)[13C@H](C)C(=O)N1C(=O)OC[C@H]1Cc1ccccc1. The first-order valence-corrected chi connectivity index (χ1v) is 7.11. The number of carbonyl (C=O) groups excluding carboxylic acids is 3. The largest absolute Gasteiger partial charge is 0.447 e. The van der Waals surface area contributed by atoms with Crippen LogP contribution in [-0.2, 0) is 20.7 Å². The Morgan fingerprint density at radius 3 is 2.62 bits per heavy atom. The van der Waals surface area contributed by atoms with Crippen LogP contribution in [0.3, 0.4) is 0 Å². The number of Topliss-reactive ketones (excluding diaryl/α,β-unsaturated/α-hetero) is 1. The van der Waals surface area contributed by atoms with Gasteiger partial charge in [-0.25, -0.2) is 9.69 Å². The molecule has 5 heteroatoms. The highest BCUT2D eigenvalue weighted by molar-refractivity contribution is 6.06. The lowest BCUT2D eigenvalue weighted by molar-refractivity contribution is -0.138. The normalized spacial score (nSPS) is 19.2. The predicted octanol–water partition coefficient (Wildman–Crippen LogP) is 2.19. The van der Waals surface area contributed by atoms with Gasteiger partial charge in [-0.05, 0) is 18.9 Å². The van der Waals surface area contributed by atoms with E-state index in [1.54, 1.807) is 13.8 Å². The van der Waals surface area contributed by atoms with Crippen LogP contribution < -0.4 is 0 Å². The van der Waals surface area contributed by atoms with Crippen LogP contribution in [0.25, 0.3) is 0 Å². The van der Waals surface area contributed by atoms with E-state index in [2.05, 4.69) is 0 Å². The summed E-state index contributed by atoms with van der Waals surface area (Å²) in [6.07, 6.45) is 0.154. The fourth-order valence-corrected chi connectivity index (χ4v) is 2.42. The molecule has 1 aromatic carbocycles. The Kier molecular flexibility index (Phi) is 4.73. The summed E-state index contributed by atoms with van der Waals surface area (Å²) in [7, 11) is 0. The van der Waals surface area contributed by atoms with Crippen molar-refractivity contribution in [3.05, 3.63) is 35.9 Å². The number of cyclic esters (lactones) is 1. The monoisotopic (exact) mass is 291 g/mol. The molecule has 0 bridgehead atoms. The summed E-state index contributed by atoms with van der Waals surface area (Å²) in [5.41, 5.74) is 1.02. The average Bonchev–Trinajstić information content (AvgIpc) is 2.86. The van der Waals surface area contributed by atoms with E-state index in [-0.39, 0.29) is 24.9 Å². The number of imide groups is 1. The number of ketones is 1. The second-order valence-corrected chi connectivity index (χ2v) is 5.17. The molecule has 1 saturated heterocycles. The molecule has 0 aromatic heterocycles. The number of carbonyl (C=O) groups is 3. The minimum atomic E-state index is -0.807. The van der Waals surface area contributed by atoms with Crippen molar-refractivity contribution in [2.45, 2.75) is 32.7 Å². The molecule has 1 aliphatic rings. The van der Waals surface area contributed by atoms with Gasteiger partial charge in [0.15, 0.2) is 0 Å². The predicted molar refractivity (Wildman–Crippen MR) is 76.6 cm³/mol. The van der Waals surface area contributed by atoms with E-state index in [0.717, 1.165) is 10.5 Å². The standard InChI is InChI=1S/C16H19NO4/c1-3-14(18)11(2)15(19)17-13(10-21-16(17)20)9-12-7-5-4-6-8-12/h4-8,11,13H,3,9-10H2,1-2H3/t11-,13+/m0/s1/i11+1,14+1. The molecule has 0 N–H and O–H groups in total. The van der Waals surface area contributed by atoms with Gasteiger partial charge in [0.2, 0.25) is 5.91 Å². The fraction of sp³-hybridized carbons (Fsp3) is 0.438. The van der Waals surface area contributed by atoms with Crippen LogP contribution in [0.1, 0.15) is 25.8 Å². The molecule has 2 amide bonds. The number of rotatable bonds is 5. The molecule has 0 unspecified atom stereocenters. The quantitative estimate of drug-likeness (QED) is 0.616. The molecule has 1 fully saturated rings. The smallest absolute Gasteiger partial charge is 0.417 e. The Bertz CT molecular complexity index is 540. The summed E-state index contributed by atoms with van der Waals surface area (Å²) in [6.45, 7) is 3.42. The van der Waals surface area contributed by atoms with E-state index in [4.69, 9.17) is 4.74 Å². The molecule has 1 aromatic rings. The lowest BCUT2D eigenvalue weighted by Crippen LogP contribution is -2.44. The highest BCUT2D eigenvalue weighted by Gasteiger charge is 2.40. The number of amides is 2. The van der Waals surface area contributed by atoms with Crippen molar-refractivity contribution in [2.75, 3.05) is 6.61 Å². The topological polar surface area (TPSA) is 63.7 Å². The van der Waals surface area contributed by atoms with Crippen molar-refractivity contribution in [1.29, 1.82) is 0 Å². The molecule has 112 valence electrons. The molecule has 5 nitrogen and oxygen atoms in total. The molecular weight excluding hydrogens is 272 g/mol. The molecule has 0 radical (unpaired) electrons. The Labute approximate surface area is 123 Å². The third-order valence-corrected chi connectivity index (χ3v) is 3.71. The van der Waals surface area contributed by atoms with Crippen molar-refractivity contribution < 1.29 is 19.1 Å². The number of nitrogens with zero attached hydrogens (tertiary/aromatic N) is 1.